The molecule has 0 fully saturated rings. The van der Waals surface area contributed by atoms with E-state index in [2.05, 4.69) is 15.5 Å². The Labute approximate surface area is 149 Å². The lowest BCUT2D eigenvalue weighted by atomic mass is 9.96. The minimum Gasteiger partial charge on any atom is -0.300 e. The van der Waals surface area contributed by atoms with Gasteiger partial charge in [-0.25, -0.2) is 4.39 Å². The Morgan fingerprint density at radius 1 is 1.12 bits per heavy atom. The summed E-state index contributed by atoms with van der Waals surface area (Å²) in [4.78, 5) is 12.5. The number of amides is 1. The number of anilines is 1. The predicted molar refractivity (Wildman–Crippen MR) is 97.2 cm³/mol. The number of rotatable bonds is 6. The Balaban J connectivity index is 1.68. The summed E-state index contributed by atoms with van der Waals surface area (Å²) in [5.41, 5.74) is 1.53. The highest BCUT2D eigenvalue weighted by Crippen LogP contribution is 2.24. The molecule has 1 amide bonds. The zero-order chi connectivity index (χ0) is 17.6. The Morgan fingerprint density at radius 2 is 1.84 bits per heavy atom. The van der Waals surface area contributed by atoms with E-state index in [0.29, 0.717) is 28.5 Å². The van der Waals surface area contributed by atoms with E-state index < -0.39 is 0 Å². The number of nitrogens with one attached hydrogen (secondary N) is 1. The first-order valence-electron chi connectivity index (χ1n) is 8.09. The molecule has 3 rings (SSSR count). The van der Waals surface area contributed by atoms with Crippen molar-refractivity contribution in [3.05, 3.63) is 76.5 Å². The molecule has 0 aliphatic heterocycles. The van der Waals surface area contributed by atoms with Crippen LogP contribution < -0.4 is 5.32 Å². The van der Waals surface area contributed by atoms with E-state index in [4.69, 9.17) is 0 Å². The van der Waals surface area contributed by atoms with Crippen LogP contribution in [0.3, 0.4) is 0 Å². The van der Waals surface area contributed by atoms with Crippen LogP contribution in [0.15, 0.2) is 54.6 Å². The first-order valence-corrected chi connectivity index (χ1v) is 8.90. The maximum atomic E-state index is 13.7. The van der Waals surface area contributed by atoms with Gasteiger partial charge in [0.05, 0.1) is 5.92 Å². The van der Waals surface area contributed by atoms with Gasteiger partial charge in [-0.2, -0.15) is 0 Å². The van der Waals surface area contributed by atoms with Crippen molar-refractivity contribution in [2.45, 2.75) is 25.7 Å². The van der Waals surface area contributed by atoms with E-state index in [1.54, 1.807) is 18.2 Å². The summed E-state index contributed by atoms with van der Waals surface area (Å²) in [5, 5.41) is 12.0. The summed E-state index contributed by atoms with van der Waals surface area (Å²) in [6.45, 7) is 1.97. The van der Waals surface area contributed by atoms with Crippen molar-refractivity contribution in [2.75, 3.05) is 5.32 Å². The molecule has 1 N–H and O–H groups in total. The van der Waals surface area contributed by atoms with Crippen molar-refractivity contribution < 1.29 is 9.18 Å². The Bertz CT molecular complexity index is 851. The fourth-order valence-electron chi connectivity index (χ4n) is 2.63. The first-order chi connectivity index (χ1) is 12.2. The third-order valence-corrected chi connectivity index (χ3v) is 4.76. The van der Waals surface area contributed by atoms with Gasteiger partial charge in [-0.15, -0.1) is 10.2 Å². The SMILES string of the molecule is CC[C@H](C(=O)Nc1nnc(Cc2ccccc2F)s1)c1ccccc1. The topological polar surface area (TPSA) is 54.9 Å². The highest BCUT2D eigenvalue weighted by molar-refractivity contribution is 7.15. The molecule has 2 aromatic carbocycles. The van der Waals surface area contributed by atoms with Gasteiger partial charge < -0.3 is 0 Å². The average Bonchev–Trinajstić information content (AvgIpc) is 3.05. The molecule has 0 spiro atoms. The van der Waals surface area contributed by atoms with Gasteiger partial charge >= 0.3 is 0 Å². The summed E-state index contributed by atoms with van der Waals surface area (Å²) < 4.78 is 13.7. The zero-order valence-electron chi connectivity index (χ0n) is 13.8. The van der Waals surface area contributed by atoms with Crippen molar-refractivity contribution >= 4 is 22.4 Å². The van der Waals surface area contributed by atoms with Crippen LogP contribution in [0.1, 0.15) is 35.4 Å². The molecule has 4 nitrogen and oxygen atoms in total. The normalized spacial score (nSPS) is 11.9. The number of halogens is 1. The maximum Gasteiger partial charge on any atom is 0.233 e. The Morgan fingerprint density at radius 3 is 2.56 bits per heavy atom. The van der Waals surface area contributed by atoms with Gasteiger partial charge in [0, 0.05) is 6.42 Å². The number of nitrogens with zero attached hydrogens (tertiary/aromatic N) is 2. The molecule has 0 aliphatic rings. The van der Waals surface area contributed by atoms with E-state index >= 15 is 0 Å². The van der Waals surface area contributed by atoms with Crippen molar-refractivity contribution in [3.8, 4) is 0 Å². The largest absolute Gasteiger partial charge is 0.300 e. The smallest absolute Gasteiger partial charge is 0.233 e. The Hall–Kier alpha value is -2.60. The molecule has 1 atom stereocenters. The second-order valence-corrected chi connectivity index (χ2v) is 6.69. The quantitative estimate of drug-likeness (QED) is 0.713. The van der Waals surface area contributed by atoms with Crippen LogP contribution in [-0.2, 0) is 11.2 Å². The number of hydrogen-bond donors (Lipinski definition) is 1. The fourth-order valence-corrected chi connectivity index (χ4v) is 3.40. The molecule has 1 heterocycles. The Kier molecular flexibility index (Phi) is 5.50. The molecule has 128 valence electrons. The molecule has 0 radical (unpaired) electrons. The molecule has 0 aliphatic carbocycles. The number of hydrogen-bond acceptors (Lipinski definition) is 4. The highest BCUT2D eigenvalue weighted by atomic mass is 32.1. The van der Waals surface area contributed by atoms with Gasteiger partial charge in [-0.3, -0.25) is 10.1 Å². The highest BCUT2D eigenvalue weighted by Gasteiger charge is 2.20. The van der Waals surface area contributed by atoms with Crippen molar-refractivity contribution in [2.24, 2.45) is 0 Å². The monoisotopic (exact) mass is 355 g/mol. The van der Waals surface area contributed by atoms with Gasteiger partial charge in [0.25, 0.3) is 0 Å². The molecule has 1 aromatic heterocycles. The molecule has 0 bridgehead atoms. The van der Waals surface area contributed by atoms with Gasteiger partial charge in [-0.1, -0.05) is 66.8 Å². The third kappa shape index (κ3) is 4.28. The lowest BCUT2D eigenvalue weighted by Crippen LogP contribution is -2.20. The lowest BCUT2D eigenvalue weighted by Gasteiger charge is -2.13. The molecule has 25 heavy (non-hydrogen) atoms. The van der Waals surface area contributed by atoms with Crippen LogP contribution in [0.5, 0.6) is 0 Å². The first kappa shape index (κ1) is 17.2. The van der Waals surface area contributed by atoms with E-state index in [-0.39, 0.29) is 17.6 Å². The van der Waals surface area contributed by atoms with Crippen LogP contribution in [0.4, 0.5) is 9.52 Å². The molecular formula is C19H18FN3OS. The molecule has 0 saturated carbocycles. The van der Waals surface area contributed by atoms with Crippen molar-refractivity contribution in [1.29, 1.82) is 0 Å². The minimum absolute atomic E-state index is 0.109. The second kappa shape index (κ2) is 7.98. The summed E-state index contributed by atoms with van der Waals surface area (Å²) in [7, 11) is 0. The zero-order valence-corrected chi connectivity index (χ0v) is 14.6. The minimum atomic E-state index is -0.265. The molecule has 0 unspecified atom stereocenters. The number of carbonyl (C=O) groups is 1. The molecular weight excluding hydrogens is 337 g/mol. The maximum absolute atomic E-state index is 13.7. The number of aromatic nitrogens is 2. The van der Waals surface area contributed by atoms with Crippen LogP contribution in [-0.4, -0.2) is 16.1 Å². The molecule has 6 heteroatoms. The van der Waals surface area contributed by atoms with E-state index in [9.17, 15) is 9.18 Å². The van der Waals surface area contributed by atoms with E-state index in [0.717, 1.165) is 5.56 Å². The second-order valence-electron chi connectivity index (χ2n) is 5.63. The van der Waals surface area contributed by atoms with Crippen LogP contribution in [0, 0.1) is 5.82 Å². The van der Waals surface area contributed by atoms with Gasteiger partial charge in [0.15, 0.2) is 0 Å². The lowest BCUT2D eigenvalue weighted by molar-refractivity contribution is -0.117. The van der Waals surface area contributed by atoms with Gasteiger partial charge in [-0.05, 0) is 23.6 Å². The van der Waals surface area contributed by atoms with Gasteiger partial charge in [0.1, 0.15) is 10.8 Å². The van der Waals surface area contributed by atoms with E-state index in [1.807, 2.05) is 37.3 Å². The summed E-state index contributed by atoms with van der Waals surface area (Å²) in [6, 6.07) is 16.2. The van der Waals surface area contributed by atoms with Crippen LogP contribution >= 0.6 is 11.3 Å². The number of carbonyl (C=O) groups excluding carboxylic acids is 1. The third-order valence-electron chi connectivity index (χ3n) is 3.92. The summed E-state index contributed by atoms with van der Waals surface area (Å²) in [6.07, 6.45) is 1.05. The van der Waals surface area contributed by atoms with Gasteiger partial charge in [0.2, 0.25) is 11.0 Å². The molecule has 0 saturated heterocycles. The van der Waals surface area contributed by atoms with Crippen molar-refractivity contribution in [3.63, 3.8) is 0 Å². The van der Waals surface area contributed by atoms with E-state index in [1.165, 1.54) is 17.4 Å². The average molecular weight is 355 g/mol. The standard InChI is InChI=1S/C19H18FN3OS/c1-2-15(13-8-4-3-5-9-13)18(24)21-19-23-22-17(25-19)12-14-10-6-7-11-16(14)20/h3-11,15H,2,12H2,1H3,(H,21,23,24)/t15-/m0/s1. The summed E-state index contributed by atoms with van der Waals surface area (Å²) >= 11 is 1.27. The number of benzene rings is 2. The summed E-state index contributed by atoms with van der Waals surface area (Å²) in [5.74, 6) is -0.610. The van der Waals surface area contributed by atoms with Crippen LogP contribution in [0.25, 0.3) is 0 Å². The molecule has 3 aromatic rings. The van der Waals surface area contributed by atoms with Crippen molar-refractivity contribution in [1.82, 2.24) is 10.2 Å². The van der Waals surface area contributed by atoms with Crippen LogP contribution in [0.2, 0.25) is 0 Å². The predicted octanol–water partition coefficient (Wildman–Crippen LogP) is 4.40. The fraction of sp³-hybridized carbons (Fsp3) is 0.211.